The van der Waals surface area contributed by atoms with E-state index in [4.69, 9.17) is 0 Å². The monoisotopic (exact) mass is 230 g/mol. The number of hydrogen-bond acceptors (Lipinski definition) is 1. The molecule has 0 aliphatic rings. The van der Waals surface area contributed by atoms with Crippen molar-refractivity contribution in [2.45, 2.75) is 32.4 Å². The molecule has 0 fully saturated rings. The van der Waals surface area contributed by atoms with Crippen molar-refractivity contribution in [2.24, 2.45) is 0 Å². The second-order valence-electron chi connectivity index (χ2n) is 3.99. The first-order chi connectivity index (χ1) is 7.29. The zero-order chi connectivity index (χ0) is 12.3. The van der Waals surface area contributed by atoms with Crippen molar-refractivity contribution in [1.29, 1.82) is 0 Å². The summed E-state index contributed by atoms with van der Waals surface area (Å²) in [6.07, 6.45) is -5.83. The Balaban J connectivity index is 2.78. The Morgan fingerprint density at radius 2 is 1.69 bits per heavy atom. The van der Waals surface area contributed by atoms with Gasteiger partial charge in [0, 0.05) is 5.56 Å². The first-order valence-electron chi connectivity index (χ1n) is 4.99. The van der Waals surface area contributed by atoms with Crippen LogP contribution >= 0.6 is 0 Å². The van der Waals surface area contributed by atoms with Crippen LogP contribution in [0.1, 0.15) is 42.1 Å². The average molecular weight is 230 g/mol. The summed E-state index contributed by atoms with van der Waals surface area (Å²) in [5.41, 5.74) is 1.12. The van der Waals surface area contributed by atoms with Gasteiger partial charge in [0.05, 0.1) is 0 Å². The minimum atomic E-state index is -4.44. The van der Waals surface area contributed by atoms with E-state index >= 15 is 0 Å². The normalized spacial score (nSPS) is 11.9. The number of carbonyl (C=O) groups excluding carboxylic acids is 1. The first kappa shape index (κ1) is 12.7. The third-order valence-electron chi connectivity index (χ3n) is 2.26. The van der Waals surface area contributed by atoms with E-state index in [2.05, 4.69) is 0 Å². The number of hydrogen-bond donors (Lipinski definition) is 0. The minimum absolute atomic E-state index is 0.113. The summed E-state index contributed by atoms with van der Waals surface area (Å²) in [6, 6.07) is 6.27. The minimum Gasteiger partial charge on any atom is -0.294 e. The molecule has 0 aliphatic carbocycles. The number of benzene rings is 1. The average Bonchev–Trinajstić information content (AvgIpc) is 2.15. The Bertz CT molecular complexity index is 363. The second-order valence-corrected chi connectivity index (χ2v) is 3.99. The van der Waals surface area contributed by atoms with E-state index in [0.29, 0.717) is 5.92 Å². The lowest BCUT2D eigenvalue weighted by molar-refractivity contribution is -0.125. The van der Waals surface area contributed by atoms with Gasteiger partial charge in [-0.3, -0.25) is 4.79 Å². The van der Waals surface area contributed by atoms with E-state index in [1.807, 2.05) is 13.8 Å². The Morgan fingerprint density at radius 3 is 2.06 bits per heavy atom. The van der Waals surface area contributed by atoms with Crippen molar-refractivity contribution in [1.82, 2.24) is 0 Å². The number of ketones is 1. The van der Waals surface area contributed by atoms with Gasteiger partial charge in [0.2, 0.25) is 0 Å². The summed E-state index contributed by atoms with van der Waals surface area (Å²) in [6.45, 7) is 3.96. The largest absolute Gasteiger partial charge is 0.396 e. The van der Waals surface area contributed by atoms with Crippen LogP contribution in [0.4, 0.5) is 13.2 Å². The van der Waals surface area contributed by atoms with Crippen LogP contribution in [0.2, 0.25) is 0 Å². The van der Waals surface area contributed by atoms with Crippen molar-refractivity contribution in [3.63, 3.8) is 0 Å². The maximum absolute atomic E-state index is 12.0. The van der Waals surface area contributed by atoms with Crippen molar-refractivity contribution in [3.05, 3.63) is 35.4 Å². The van der Waals surface area contributed by atoms with E-state index < -0.39 is 18.4 Å². The van der Waals surface area contributed by atoms with Crippen LogP contribution < -0.4 is 0 Å². The number of alkyl halides is 3. The molecule has 0 spiro atoms. The summed E-state index contributed by atoms with van der Waals surface area (Å²) in [4.78, 5) is 11.2. The van der Waals surface area contributed by atoms with E-state index in [1.165, 1.54) is 12.1 Å². The van der Waals surface area contributed by atoms with Crippen molar-refractivity contribution in [2.75, 3.05) is 0 Å². The van der Waals surface area contributed by atoms with Gasteiger partial charge < -0.3 is 0 Å². The molecule has 4 heteroatoms. The number of halogens is 3. The topological polar surface area (TPSA) is 17.1 Å². The molecule has 0 atom stereocenters. The van der Waals surface area contributed by atoms with Crippen LogP contribution in [0.3, 0.4) is 0 Å². The summed E-state index contributed by atoms with van der Waals surface area (Å²) in [5, 5.41) is 0. The molecule has 0 saturated carbocycles. The molecule has 0 amide bonds. The van der Waals surface area contributed by atoms with Crippen LogP contribution in [0.15, 0.2) is 24.3 Å². The van der Waals surface area contributed by atoms with Crippen LogP contribution in [0.5, 0.6) is 0 Å². The molecule has 1 rings (SSSR count). The van der Waals surface area contributed by atoms with Gasteiger partial charge in [0.1, 0.15) is 6.42 Å². The quantitative estimate of drug-likeness (QED) is 0.718. The molecule has 0 aliphatic heterocycles. The highest BCUT2D eigenvalue weighted by atomic mass is 19.4. The molecular weight excluding hydrogens is 217 g/mol. The fourth-order valence-electron chi connectivity index (χ4n) is 1.34. The smallest absolute Gasteiger partial charge is 0.294 e. The van der Waals surface area contributed by atoms with Gasteiger partial charge in [-0.25, -0.2) is 0 Å². The Kier molecular flexibility index (Phi) is 3.73. The van der Waals surface area contributed by atoms with Gasteiger partial charge in [-0.2, -0.15) is 13.2 Å². The molecule has 0 unspecified atom stereocenters. The number of rotatable bonds is 3. The molecule has 1 nitrogen and oxygen atoms in total. The highest BCUT2D eigenvalue weighted by Gasteiger charge is 2.31. The van der Waals surface area contributed by atoms with Gasteiger partial charge in [0.25, 0.3) is 0 Å². The maximum atomic E-state index is 12.0. The summed E-state index contributed by atoms with van der Waals surface area (Å²) < 4.78 is 35.9. The lowest BCUT2D eigenvalue weighted by atomic mass is 10.00. The SMILES string of the molecule is CC(C)c1ccc(C(=O)CC(F)(F)F)cc1. The summed E-state index contributed by atoms with van der Waals surface area (Å²) in [7, 11) is 0. The second kappa shape index (κ2) is 4.68. The van der Waals surface area contributed by atoms with Gasteiger partial charge >= 0.3 is 6.18 Å². The van der Waals surface area contributed by atoms with Crippen molar-refractivity contribution >= 4 is 5.78 Å². The van der Waals surface area contributed by atoms with Crippen LogP contribution in [0.25, 0.3) is 0 Å². The highest BCUT2D eigenvalue weighted by molar-refractivity contribution is 5.96. The van der Waals surface area contributed by atoms with Crippen LogP contribution in [-0.4, -0.2) is 12.0 Å². The molecule has 0 radical (unpaired) electrons. The van der Waals surface area contributed by atoms with Crippen LogP contribution in [0, 0.1) is 0 Å². The lowest BCUT2D eigenvalue weighted by Gasteiger charge is -2.07. The Morgan fingerprint density at radius 1 is 1.19 bits per heavy atom. The molecule has 88 valence electrons. The molecule has 0 N–H and O–H groups in total. The van der Waals surface area contributed by atoms with E-state index in [0.717, 1.165) is 5.56 Å². The van der Waals surface area contributed by atoms with E-state index in [-0.39, 0.29) is 5.56 Å². The number of carbonyl (C=O) groups is 1. The molecule has 0 heterocycles. The zero-order valence-corrected chi connectivity index (χ0v) is 9.14. The molecule has 16 heavy (non-hydrogen) atoms. The molecule has 1 aromatic carbocycles. The van der Waals surface area contributed by atoms with Gasteiger partial charge in [-0.1, -0.05) is 38.1 Å². The third kappa shape index (κ3) is 3.68. The predicted octanol–water partition coefficient (Wildman–Crippen LogP) is 3.95. The molecule has 0 aromatic heterocycles. The third-order valence-corrected chi connectivity index (χ3v) is 2.26. The van der Waals surface area contributed by atoms with Gasteiger partial charge in [-0.05, 0) is 11.5 Å². The summed E-state index contributed by atoms with van der Waals surface area (Å²) >= 11 is 0. The first-order valence-corrected chi connectivity index (χ1v) is 4.99. The van der Waals surface area contributed by atoms with Crippen molar-refractivity contribution in [3.8, 4) is 0 Å². The zero-order valence-electron chi connectivity index (χ0n) is 9.14. The lowest BCUT2D eigenvalue weighted by Crippen LogP contribution is -2.14. The van der Waals surface area contributed by atoms with Crippen LogP contribution in [-0.2, 0) is 0 Å². The molecule has 0 bridgehead atoms. The standard InChI is InChI=1S/C12H13F3O/c1-8(2)9-3-5-10(6-4-9)11(16)7-12(13,14)15/h3-6,8H,7H2,1-2H3. The van der Waals surface area contributed by atoms with Gasteiger partial charge in [-0.15, -0.1) is 0 Å². The fraction of sp³-hybridized carbons (Fsp3) is 0.417. The van der Waals surface area contributed by atoms with E-state index in [9.17, 15) is 18.0 Å². The number of Topliss-reactive ketones (excluding diaryl/α,β-unsaturated/α-hetero) is 1. The van der Waals surface area contributed by atoms with Gasteiger partial charge in [0.15, 0.2) is 5.78 Å². The van der Waals surface area contributed by atoms with Crippen molar-refractivity contribution < 1.29 is 18.0 Å². The maximum Gasteiger partial charge on any atom is 0.396 e. The highest BCUT2D eigenvalue weighted by Crippen LogP contribution is 2.23. The Labute approximate surface area is 92.3 Å². The molecule has 0 saturated heterocycles. The van der Waals surface area contributed by atoms with E-state index in [1.54, 1.807) is 12.1 Å². The fourth-order valence-corrected chi connectivity index (χ4v) is 1.34. The molecular formula is C12H13F3O. The summed E-state index contributed by atoms with van der Waals surface area (Å²) in [5.74, 6) is -0.588. The molecule has 1 aromatic rings. The Hall–Kier alpha value is -1.32. The predicted molar refractivity (Wildman–Crippen MR) is 55.5 cm³/mol.